The minimum Gasteiger partial charge on any atom is -0.340 e. The first kappa shape index (κ1) is 11.9. The molecular formula is C14H18N2O. The molecule has 1 aromatic carbocycles. The van der Waals surface area contributed by atoms with Gasteiger partial charge in [-0.1, -0.05) is 42.5 Å². The van der Waals surface area contributed by atoms with Crippen LogP contribution in [0.15, 0.2) is 36.4 Å². The fourth-order valence-corrected chi connectivity index (χ4v) is 1.90. The molecule has 3 nitrogen and oxygen atoms in total. The molecule has 0 spiro atoms. The van der Waals surface area contributed by atoms with E-state index >= 15 is 0 Å². The van der Waals surface area contributed by atoms with E-state index < -0.39 is 0 Å². The molecule has 90 valence electrons. The van der Waals surface area contributed by atoms with Crippen LogP contribution in [-0.2, 0) is 4.79 Å². The van der Waals surface area contributed by atoms with Gasteiger partial charge in [-0.25, -0.2) is 0 Å². The number of rotatable bonds is 3. The molecule has 0 unspecified atom stereocenters. The second-order valence-electron chi connectivity index (χ2n) is 4.15. The maximum Gasteiger partial charge on any atom is 0.226 e. The molecule has 0 aromatic heterocycles. The van der Waals surface area contributed by atoms with Gasteiger partial charge in [0.05, 0.1) is 0 Å². The SMILES string of the molecule is O=C(CC=Cc1ccccc1)N1CCNCC1. The van der Waals surface area contributed by atoms with E-state index in [9.17, 15) is 4.79 Å². The molecule has 1 aromatic rings. The van der Waals surface area contributed by atoms with E-state index in [2.05, 4.69) is 5.32 Å². The molecule has 1 amide bonds. The van der Waals surface area contributed by atoms with Crippen molar-refractivity contribution in [2.75, 3.05) is 26.2 Å². The molecule has 3 heteroatoms. The summed E-state index contributed by atoms with van der Waals surface area (Å²) in [6.45, 7) is 3.48. The van der Waals surface area contributed by atoms with E-state index in [4.69, 9.17) is 0 Å². The van der Waals surface area contributed by atoms with Crippen LogP contribution >= 0.6 is 0 Å². The third-order valence-corrected chi connectivity index (χ3v) is 2.87. The number of piperazine rings is 1. The van der Waals surface area contributed by atoms with Crippen LogP contribution in [-0.4, -0.2) is 37.0 Å². The van der Waals surface area contributed by atoms with Gasteiger partial charge in [-0.15, -0.1) is 0 Å². The van der Waals surface area contributed by atoms with Crippen molar-refractivity contribution in [3.63, 3.8) is 0 Å². The molecule has 1 saturated heterocycles. The molecule has 0 atom stereocenters. The van der Waals surface area contributed by atoms with Gasteiger partial charge < -0.3 is 10.2 Å². The highest BCUT2D eigenvalue weighted by molar-refractivity contribution is 5.78. The lowest BCUT2D eigenvalue weighted by atomic mass is 10.2. The van der Waals surface area contributed by atoms with Crippen LogP contribution in [0.4, 0.5) is 0 Å². The second-order valence-corrected chi connectivity index (χ2v) is 4.15. The molecule has 17 heavy (non-hydrogen) atoms. The van der Waals surface area contributed by atoms with Crippen LogP contribution in [0.3, 0.4) is 0 Å². The highest BCUT2D eigenvalue weighted by Crippen LogP contribution is 2.03. The van der Waals surface area contributed by atoms with Gasteiger partial charge in [0.15, 0.2) is 0 Å². The number of carbonyl (C=O) groups is 1. The van der Waals surface area contributed by atoms with Crippen molar-refractivity contribution in [3.8, 4) is 0 Å². The van der Waals surface area contributed by atoms with Gasteiger partial charge in [0.2, 0.25) is 5.91 Å². The third kappa shape index (κ3) is 3.71. The molecule has 2 rings (SSSR count). The molecule has 1 aliphatic heterocycles. The number of benzene rings is 1. The fourth-order valence-electron chi connectivity index (χ4n) is 1.90. The summed E-state index contributed by atoms with van der Waals surface area (Å²) in [4.78, 5) is 13.8. The molecule has 0 bridgehead atoms. The Morgan fingerprint density at radius 3 is 2.65 bits per heavy atom. The Labute approximate surface area is 102 Å². The maximum atomic E-state index is 11.8. The number of nitrogens with one attached hydrogen (secondary N) is 1. The number of hydrogen-bond acceptors (Lipinski definition) is 2. The van der Waals surface area contributed by atoms with Crippen molar-refractivity contribution in [1.29, 1.82) is 0 Å². The topological polar surface area (TPSA) is 32.3 Å². The Hall–Kier alpha value is -1.61. The summed E-state index contributed by atoms with van der Waals surface area (Å²) >= 11 is 0. The second kappa shape index (κ2) is 6.21. The van der Waals surface area contributed by atoms with Crippen molar-refractivity contribution in [2.24, 2.45) is 0 Å². The molecule has 1 heterocycles. The zero-order valence-electron chi connectivity index (χ0n) is 9.93. The molecule has 1 N–H and O–H groups in total. The van der Waals surface area contributed by atoms with E-state index in [0.717, 1.165) is 31.7 Å². The number of hydrogen-bond donors (Lipinski definition) is 1. The largest absolute Gasteiger partial charge is 0.340 e. The lowest BCUT2D eigenvalue weighted by molar-refractivity contribution is -0.130. The van der Waals surface area contributed by atoms with Gasteiger partial charge in [-0.05, 0) is 5.56 Å². The minimum atomic E-state index is 0.221. The molecule has 1 fully saturated rings. The van der Waals surface area contributed by atoms with Crippen molar-refractivity contribution in [2.45, 2.75) is 6.42 Å². The van der Waals surface area contributed by atoms with Gasteiger partial charge in [0.25, 0.3) is 0 Å². The van der Waals surface area contributed by atoms with Crippen molar-refractivity contribution in [1.82, 2.24) is 10.2 Å². The van der Waals surface area contributed by atoms with E-state index in [-0.39, 0.29) is 5.91 Å². The molecule has 0 saturated carbocycles. The predicted molar refractivity (Wildman–Crippen MR) is 69.5 cm³/mol. The molecular weight excluding hydrogens is 212 g/mol. The summed E-state index contributed by atoms with van der Waals surface area (Å²) in [5.41, 5.74) is 1.14. The first-order valence-corrected chi connectivity index (χ1v) is 6.06. The fraction of sp³-hybridized carbons (Fsp3) is 0.357. The van der Waals surface area contributed by atoms with Crippen LogP contribution in [0, 0.1) is 0 Å². The molecule has 0 radical (unpaired) electrons. The number of carbonyl (C=O) groups excluding carboxylic acids is 1. The predicted octanol–water partition coefficient (Wildman–Crippen LogP) is 1.52. The standard InChI is InChI=1S/C14H18N2O/c17-14(16-11-9-15-10-12-16)8-4-7-13-5-2-1-3-6-13/h1-7,15H,8-12H2. The van der Waals surface area contributed by atoms with Gasteiger partial charge in [-0.2, -0.15) is 0 Å². The molecule has 0 aliphatic carbocycles. The monoisotopic (exact) mass is 230 g/mol. The summed E-state index contributed by atoms with van der Waals surface area (Å²) in [6, 6.07) is 10.1. The van der Waals surface area contributed by atoms with Gasteiger partial charge >= 0.3 is 0 Å². The average Bonchev–Trinajstić information content (AvgIpc) is 2.41. The van der Waals surface area contributed by atoms with Crippen LogP contribution < -0.4 is 5.32 Å². The van der Waals surface area contributed by atoms with Crippen molar-refractivity contribution < 1.29 is 4.79 Å². The van der Waals surface area contributed by atoms with Crippen LogP contribution in [0.25, 0.3) is 6.08 Å². The van der Waals surface area contributed by atoms with Crippen LogP contribution in [0.5, 0.6) is 0 Å². The van der Waals surface area contributed by atoms with Gasteiger partial charge in [0.1, 0.15) is 0 Å². The summed E-state index contributed by atoms with van der Waals surface area (Å²) in [6.07, 6.45) is 4.44. The van der Waals surface area contributed by atoms with Gasteiger partial charge in [-0.3, -0.25) is 4.79 Å². The lowest BCUT2D eigenvalue weighted by Gasteiger charge is -2.27. The Kier molecular flexibility index (Phi) is 4.33. The summed E-state index contributed by atoms with van der Waals surface area (Å²) in [7, 11) is 0. The summed E-state index contributed by atoms with van der Waals surface area (Å²) in [5.74, 6) is 0.221. The number of nitrogens with zero attached hydrogens (tertiary/aromatic N) is 1. The zero-order valence-corrected chi connectivity index (χ0v) is 9.93. The average molecular weight is 230 g/mol. The Bertz CT molecular complexity index is 380. The minimum absolute atomic E-state index is 0.221. The van der Waals surface area contributed by atoms with Gasteiger partial charge in [0, 0.05) is 32.6 Å². The lowest BCUT2D eigenvalue weighted by Crippen LogP contribution is -2.46. The smallest absolute Gasteiger partial charge is 0.226 e. The van der Waals surface area contributed by atoms with Crippen LogP contribution in [0.1, 0.15) is 12.0 Å². The number of amides is 1. The molecule has 1 aliphatic rings. The summed E-state index contributed by atoms with van der Waals surface area (Å²) in [5, 5.41) is 3.24. The Balaban J connectivity index is 1.81. The van der Waals surface area contributed by atoms with Crippen molar-refractivity contribution in [3.05, 3.63) is 42.0 Å². The van der Waals surface area contributed by atoms with Crippen LogP contribution in [0.2, 0.25) is 0 Å². The van der Waals surface area contributed by atoms with E-state index in [1.54, 1.807) is 0 Å². The maximum absolute atomic E-state index is 11.8. The first-order chi connectivity index (χ1) is 8.36. The Morgan fingerprint density at radius 1 is 1.24 bits per heavy atom. The normalized spacial score (nSPS) is 16.4. The highest BCUT2D eigenvalue weighted by atomic mass is 16.2. The summed E-state index contributed by atoms with van der Waals surface area (Å²) < 4.78 is 0. The van der Waals surface area contributed by atoms with Crippen molar-refractivity contribution >= 4 is 12.0 Å². The first-order valence-electron chi connectivity index (χ1n) is 6.06. The Morgan fingerprint density at radius 2 is 1.94 bits per heavy atom. The zero-order chi connectivity index (χ0) is 11.9. The highest BCUT2D eigenvalue weighted by Gasteiger charge is 2.13. The van der Waals surface area contributed by atoms with E-state index in [1.165, 1.54) is 0 Å². The quantitative estimate of drug-likeness (QED) is 0.854. The van der Waals surface area contributed by atoms with E-state index in [1.807, 2.05) is 47.4 Å². The van der Waals surface area contributed by atoms with E-state index in [0.29, 0.717) is 6.42 Å². The third-order valence-electron chi connectivity index (χ3n) is 2.87.